The number of aromatic nitrogens is 2. The Hall–Kier alpha value is -0.940. The van der Waals surface area contributed by atoms with Crippen LogP contribution in [0.15, 0.2) is 4.42 Å². The zero-order valence-electron chi connectivity index (χ0n) is 8.44. The number of piperidine rings is 1. The minimum absolute atomic E-state index is 0.299. The molecule has 2 rings (SSSR count). The molecule has 1 aromatic rings. The smallest absolute Gasteiger partial charge is 0.230 e. The average Bonchev–Trinajstić information content (AvgIpc) is 2.51. The van der Waals surface area contributed by atoms with Gasteiger partial charge >= 0.3 is 0 Å². The second kappa shape index (κ2) is 4.06. The summed E-state index contributed by atoms with van der Waals surface area (Å²) in [6.07, 6.45) is 2.29. The third kappa shape index (κ3) is 2.30. The third-order valence-electron chi connectivity index (χ3n) is 2.47. The van der Waals surface area contributed by atoms with Gasteiger partial charge in [-0.15, -0.1) is 10.2 Å². The summed E-state index contributed by atoms with van der Waals surface area (Å²) in [5.41, 5.74) is 5.88. The summed E-state index contributed by atoms with van der Waals surface area (Å²) in [4.78, 5) is 2.26. The van der Waals surface area contributed by atoms with Crippen LogP contribution >= 0.6 is 0 Å². The molecule has 5 heteroatoms. The summed E-state index contributed by atoms with van der Waals surface area (Å²) in [6.45, 7) is 4.55. The first-order chi connectivity index (χ1) is 6.74. The third-order valence-corrected chi connectivity index (χ3v) is 2.47. The van der Waals surface area contributed by atoms with Crippen LogP contribution in [0.5, 0.6) is 0 Å². The highest BCUT2D eigenvalue weighted by molar-refractivity contribution is 4.82. The molecule has 0 spiro atoms. The standard InChI is InChI=1S/C9H16N4O/c1-7-11-12-9(14-7)6-13-4-2-3-8(10)5-13/h8H,2-6,10H2,1H3. The number of hydrogen-bond acceptors (Lipinski definition) is 5. The summed E-state index contributed by atoms with van der Waals surface area (Å²) in [5.74, 6) is 1.32. The fourth-order valence-corrected chi connectivity index (χ4v) is 1.83. The van der Waals surface area contributed by atoms with Crippen LogP contribution in [-0.2, 0) is 6.54 Å². The van der Waals surface area contributed by atoms with Crippen molar-refractivity contribution in [3.05, 3.63) is 11.8 Å². The van der Waals surface area contributed by atoms with Gasteiger partial charge < -0.3 is 10.2 Å². The molecule has 2 N–H and O–H groups in total. The largest absolute Gasteiger partial charge is 0.424 e. The van der Waals surface area contributed by atoms with Crippen molar-refractivity contribution < 1.29 is 4.42 Å². The molecular formula is C9H16N4O. The van der Waals surface area contributed by atoms with Gasteiger partial charge in [-0.25, -0.2) is 0 Å². The van der Waals surface area contributed by atoms with Crippen molar-refractivity contribution in [2.75, 3.05) is 13.1 Å². The maximum atomic E-state index is 5.88. The highest BCUT2D eigenvalue weighted by Gasteiger charge is 2.18. The van der Waals surface area contributed by atoms with Gasteiger partial charge in [0.2, 0.25) is 11.8 Å². The molecule has 0 aliphatic carbocycles. The molecule has 1 fully saturated rings. The number of likely N-dealkylation sites (tertiary alicyclic amines) is 1. The van der Waals surface area contributed by atoms with Gasteiger partial charge in [-0.2, -0.15) is 0 Å². The van der Waals surface area contributed by atoms with Gasteiger partial charge in [-0.1, -0.05) is 0 Å². The van der Waals surface area contributed by atoms with E-state index >= 15 is 0 Å². The molecule has 0 amide bonds. The lowest BCUT2D eigenvalue weighted by Crippen LogP contribution is -2.42. The van der Waals surface area contributed by atoms with Crippen molar-refractivity contribution in [2.45, 2.75) is 32.4 Å². The van der Waals surface area contributed by atoms with Crippen LogP contribution in [0.2, 0.25) is 0 Å². The van der Waals surface area contributed by atoms with Crippen LogP contribution in [0, 0.1) is 6.92 Å². The average molecular weight is 196 g/mol. The van der Waals surface area contributed by atoms with Gasteiger partial charge in [0.1, 0.15) is 0 Å². The summed E-state index contributed by atoms with van der Waals surface area (Å²) >= 11 is 0. The molecule has 1 aromatic heterocycles. The molecule has 78 valence electrons. The fourth-order valence-electron chi connectivity index (χ4n) is 1.83. The van der Waals surface area contributed by atoms with E-state index in [4.69, 9.17) is 10.2 Å². The maximum absolute atomic E-state index is 5.88. The van der Waals surface area contributed by atoms with Gasteiger partial charge in [-0.3, -0.25) is 4.90 Å². The molecule has 1 aliphatic rings. The second-order valence-corrected chi connectivity index (χ2v) is 3.85. The lowest BCUT2D eigenvalue weighted by atomic mass is 10.1. The van der Waals surface area contributed by atoms with Crippen molar-refractivity contribution >= 4 is 0 Å². The molecule has 2 heterocycles. The Balaban J connectivity index is 1.90. The van der Waals surface area contributed by atoms with Gasteiger partial charge in [0, 0.05) is 19.5 Å². The summed E-state index contributed by atoms with van der Waals surface area (Å²) in [5, 5.41) is 7.76. The molecule has 5 nitrogen and oxygen atoms in total. The van der Waals surface area contributed by atoms with E-state index in [1.165, 1.54) is 0 Å². The van der Waals surface area contributed by atoms with Gasteiger partial charge in [0.25, 0.3) is 0 Å². The molecule has 0 bridgehead atoms. The van der Waals surface area contributed by atoms with E-state index in [9.17, 15) is 0 Å². The first-order valence-corrected chi connectivity index (χ1v) is 5.01. The highest BCUT2D eigenvalue weighted by Crippen LogP contribution is 2.11. The normalized spacial score (nSPS) is 24.0. The van der Waals surface area contributed by atoms with Crippen molar-refractivity contribution in [2.24, 2.45) is 5.73 Å². The van der Waals surface area contributed by atoms with E-state index in [0.29, 0.717) is 17.8 Å². The van der Waals surface area contributed by atoms with Crippen molar-refractivity contribution in [3.8, 4) is 0 Å². The lowest BCUT2D eigenvalue weighted by Gasteiger charge is -2.29. The SMILES string of the molecule is Cc1nnc(CN2CCCC(N)C2)o1. The summed E-state index contributed by atoms with van der Waals surface area (Å²) in [6, 6.07) is 0.299. The Labute approximate surface area is 83.3 Å². The monoisotopic (exact) mass is 196 g/mol. The topological polar surface area (TPSA) is 68.2 Å². The van der Waals surface area contributed by atoms with Gasteiger partial charge in [0.15, 0.2) is 0 Å². The Morgan fingerprint density at radius 2 is 2.43 bits per heavy atom. The molecule has 0 aromatic carbocycles. The molecule has 1 saturated heterocycles. The van der Waals surface area contributed by atoms with Crippen LogP contribution in [0.3, 0.4) is 0 Å². The van der Waals surface area contributed by atoms with E-state index in [0.717, 1.165) is 32.5 Å². The number of nitrogens with two attached hydrogens (primary N) is 1. The second-order valence-electron chi connectivity index (χ2n) is 3.85. The van der Waals surface area contributed by atoms with E-state index in [1.807, 2.05) is 0 Å². The Kier molecular flexibility index (Phi) is 2.79. The number of hydrogen-bond donors (Lipinski definition) is 1. The van der Waals surface area contributed by atoms with Crippen LogP contribution in [0.1, 0.15) is 24.6 Å². The zero-order chi connectivity index (χ0) is 9.97. The van der Waals surface area contributed by atoms with Crippen LogP contribution in [-0.4, -0.2) is 34.2 Å². The van der Waals surface area contributed by atoms with E-state index < -0.39 is 0 Å². The van der Waals surface area contributed by atoms with Crippen LogP contribution < -0.4 is 5.73 Å². The first kappa shape index (κ1) is 9.61. The molecule has 1 atom stereocenters. The van der Waals surface area contributed by atoms with Crippen LogP contribution in [0.4, 0.5) is 0 Å². The predicted octanol–water partition coefficient (Wildman–Crippen LogP) is 0.301. The molecule has 14 heavy (non-hydrogen) atoms. The number of rotatable bonds is 2. The molecule has 1 aliphatic heterocycles. The van der Waals surface area contributed by atoms with Crippen molar-refractivity contribution in [1.29, 1.82) is 0 Å². The number of nitrogens with zero attached hydrogens (tertiary/aromatic N) is 3. The Morgan fingerprint density at radius 3 is 3.07 bits per heavy atom. The summed E-state index contributed by atoms with van der Waals surface area (Å²) in [7, 11) is 0. The van der Waals surface area contributed by atoms with Gasteiger partial charge in [0.05, 0.1) is 6.54 Å². The minimum atomic E-state index is 0.299. The number of aryl methyl sites for hydroxylation is 1. The van der Waals surface area contributed by atoms with Crippen molar-refractivity contribution in [3.63, 3.8) is 0 Å². The fraction of sp³-hybridized carbons (Fsp3) is 0.778. The Morgan fingerprint density at radius 1 is 1.57 bits per heavy atom. The van der Waals surface area contributed by atoms with Crippen molar-refractivity contribution in [1.82, 2.24) is 15.1 Å². The van der Waals surface area contributed by atoms with Crippen LogP contribution in [0.25, 0.3) is 0 Å². The first-order valence-electron chi connectivity index (χ1n) is 5.01. The van der Waals surface area contributed by atoms with E-state index in [-0.39, 0.29) is 0 Å². The van der Waals surface area contributed by atoms with E-state index in [2.05, 4.69) is 15.1 Å². The zero-order valence-corrected chi connectivity index (χ0v) is 8.44. The molecule has 0 radical (unpaired) electrons. The summed E-state index contributed by atoms with van der Waals surface area (Å²) < 4.78 is 5.32. The molecule has 1 unspecified atom stereocenters. The molecule has 0 saturated carbocycles. The Bertz CT molecular complexity index is 299. The van der Waals surface area contributed by atoms with Gasteiger partial charge in [-0.05, 0) is 19.4 Å². The lowest BCUT2D eigenvalue weighted by molar-refractivity contribution is 0.184. The maximum Gasteiger partial charge on any atom is 0.230 e. The van der Waals surface area contributed by atoms with E-state index in [1.54, 1.807) is 6.92 Å². The highest BCUT2D eigenvalue weighted by atomic mass is 16.4. The minimum Gasteiger partial charge on any atom is -0.424 e. The molecular weight excluding hydrogens is 180 g/mol. The predicted molar refractivity (Wildman–Crippen MR) is 51.5 cm³/mol. The quantitative estimate of drug-likeness (QED) is 0.736.